The van der Waals surface area contributed by atoms with E-state index in [9.17, 15) is 40.2 Å². The molecule has 0 radical (unpaired) electrons. The van der Waals surface area contributed by atoms with E-state index < -0.39 is 73.7 Å². The molecule has 0 spiro atoms. The van der Waals surface area contributed by atoms with Crippen LogP contribution in [-0.4, -0.2) is 113 Å². The molecule has 2 aromatic rings. The molecule has 2 aliphatic rings. The van der Waals surface area contributed by atoms with Gasteiger partial charge in [-0.2, -0.15) is 9.97 Å². The van der Waals surface area contributed by atoms with Crippen LogP contribution in [0.1, 0.15) is 76.7 Å². The monoisotopic (exact) mass is 652 g/mol. The third-order valence-electron chi connectivity index (χ3n) is 8.46. The highest BCUT2D eigenvalue weighted by atomic mass is 16.6. The van der Waals surface area contributed by atoms with Gasteiger partial charge in [0, 0.05) is 25.5 Å². The number of aliphatic hydroxyl groups excluding tert-OH is 6. The zero-order valence-corrected chi connectivity index (χ0v) is 25.9. The van der Waals surface area contributed by atoms with Crippen LogP contribution in [0.4, 0.5) is 11.6 Å². The van der Waals surface area contributed by atoms with Gasteiger partial charge in [-0.3, -0.25) is 9.13 Å². The molecule has 4 rings (SSSR count). The summed E-state index contributed by atoms with van der Waals surface area (Å²) in [6.07, 6.45) is 4.53. The summed E-state index contributed by atoms with van der Waals surface area (Å²) < 4.78 is 13.0. The summed E-state index contributed by atoms with van der Waals surface area (Å²) in [5, 5.41) is 64.8. The maximum atomic E-state index is 12.4. The topological polar surface area (TPSA) is 234 Å². The lowest BCUT2D eigenvalue weighted by Crippen LogP contribution is -2.36. The molecule has 16 heteroatoms. The highest BCUT2D eigenvalue weighted by Crippen LogP contribution is 2.29. The third-order valence-corrected chi connectivity index (χ3v) is 8.46. The number of unbranched alkanes of at least 4 members (excludes halogenated alkanes) is 9. The van der Waals surface area contributed by atoms with Crippen molar-refractivity contribution in [3.63, 3.8) is 0 Å². The molecule has 0 aliphatic carbocycles. The van der Waals surface area contributed by atoms with Gasteiger partial charge >= 0.3 is 11.4 Å². The second-order valence-corrected chi connectivity index (χ2v) is 11.9. The van der Waals surface area contributed by atoms with Gasteiger partial charge in [-0.15, -0.1) is 0 Å². The number of rotatable bonds is 19. The van der Waals surface area contributed by atoms with Crippen molar-refractivity contribution in [3.8, 4) is 0 Å². The summed E-state index contributed by atoms with van der Waals surface area (Å²) in [4.78, 5) is 32.8. The number of hydrogen-bond donors (Lipinski definition) is 8. The predicted molar refractivity (Wildman–Crippen MR) is 166 cm³/mol. The number of aromatic nitrogens is 4. The summed E-state index contributed by atoms with van der Waals surface area (Å²) in [6.45, 7) is 0.428. The Labute approximate surface area is 266 Å². The van der Waals surface area contributed by atoms with Crippen LogP contribution in [0.15, 0.2) is 34.1 Å². The van der Waals surface area contributed by atoms with Crippen molar-refractivity contribution >= 4 is 11.6 Å². The van der Waals surface area contributed by atoms with Gasteiger partial charge in [0.15, 0.2) is 12.5 Å². The van der Waals surface area contributed by atoms with E-state index in [4.69, 9.17) is 9.47 Å². The van der Waals surface area contributed by atoms with Gasteiger partial charge in [-0.25, -0.2) is 9.59 Å². The zero-order chi connectivity index (χ0) is 33.1. The average molecular weight is 653 g/mol. The van der Waals surface area contributed by atoms with E-state index in [1.807, 2.05) is 0 Å². The summed E-state index contributed by atoms with van der Waals surface area (Å²) in [5.41, 5.74) is -1.23. The maximum Gasteiger partial charge on any atom is 0.351 e. The maximum absolute atomic E-state index is 12.4. The van der Waals surface area contributed by atoms with Gasteiger partial charge < -0.3 is 50.7 Å². The molecule has 2 fully saturated rings. The van der Waals surface area contributed by atoms with Crippen LogP contribution >= 0.6 is 0 Å². The summed E-state index contributed by atoms with van der Waals surface area (Å²) in [6, 6.07) is 3.23. The average Bonchev–Trinajstić information content (AvgIpc) is 3.50. The second-order valence-electron chi connectivity index (χ2n) is 11.9. The van der Waals surface area contributed by atoms with Gasteiger partial charge in [-0.1, -0.05) is 51.4 Å². The molecule has 0 bridgehead atoms. The Balaban J connectivity index is 0.988. The largest absolute Gasteiger partial charge is 0.394 e. The van der Waals surface area contributed by atoms with Crippen LogP contribution in [-0.2, 0) is 9.47 Å². The Bertz CT molecular complexity index is 1230. The lowest BCUT2D eigenvalue weighted by molar-refractivity contribution is -0.0549. The SMILES string of the molecule is O=c1nc(NCCCCCCCCCCCCNc2ccn([C@@H]3O[C@H](CO)[C@@H](O)[C@H]3O)c(=O)n2)ccn1[C@@H]1O[C@H](CO)[C@@H](O)[C@H]1O. The normalized spacial score (nSPS) is 27.7. The standard InChI is InChI=1S/C30H48N6O10/c37-17-19-23(39)25(41)27(45-19)35-15-11-21(33-29(35)43)31-13-9-7-5-3-1-2-4-6-8-10-14-32-22-12-16-36(30(44)34-22)28-26(42)24(40)20(18-38)46-28/h11-12,15-16,19-20,23-28,37-42H,1-10,13-14,17-18H2,(H,31,33,43)(H,32,34,44)/t19-,20-,23-,24-,25-,26-,27-,28-/m1/s1. The van der Waals surface area contributed by atoms with E-state index in [2.05, 4.69) is 20.6 Å². The molecular weight excluding hydrogens is 604 g/mol. The number of aliphatic hydroxyl groups is 6. The van der Waals surface area contributed by atoms with Crippen molar-refractivity contribution in [3.05, 3.63) is 45.5 Å². The number of nitrogens with zero attached hydrogens (tertiary/aromatic N) is 4. The lowest BCUT2D eigenvalue weighted by Gasteiger charge is -2.17. The molecule has 258 valence electrons. The van der Waals surface area contributed by atoms with E-state index in [-0.39, 0.29) is 0 Å². The highest BCUT2D eigenvalue weighted by molar-refractivity contribution is 5.32. The van der Waals surface area contributed by atoms with Crippen molar-refractivity contribution in [2.45, 2.75) is 113 Å². The van der Waals surface area contributed by atoms with E-state index in [1.165, 1.54) is 38.1 Å². The van der Waals surface area contributed by atoms with Gasteiger partial charge in [-0.05, 0) is 25.0 Å². The summed E-state index contributed by atoms with van der Waals surface area (Å²) >= 11 is 0. The number of nitrogens with one attached hydrogen (secondary N) is 2. The molecule has 0 amide bonds. The van der Waals surface area contributed by atoms with Gasteiger partial charge in [0.05, 0.1) is 13.2 Å². The molecule has 16 nitrogen and oxygen atoms in total. The van der Waals surface area contributed by atoms with Gasteiger partial charge in [0.25, 0.3) is 0 Å². The fourth-order valence-corrected chi connectivity index (χ4v) is 5.73. The first kappa shape index (κ1) is 35.9. The first-order valence-corrected chi connectivity index (χ1v) is 16.2. The predicted octanol–water partition coefficient (Wildman–Crippen LogP) is -0.552. The molecule has 2 aromatic heterocycles. The fourth-order valence-electron chi connectivity index (χ4n) is 5.73. The number of anilines is 2. The molecule has 4 heterocycles. The molecule has 8 atom stereocenters. The Morgan fingerprint density at radius 3 is 1.24 bits per heavy atom. The van der Waals surface area contributed by atoms with Gasteiger partial charge in [0.2, 0.25) is 0 Å². The van der Waals surface area contributed by atoms with E-state index in [0.29, 0.717) is 24.7 Å². The Hall–Kier alpha value is -2.96. The Morgan fingerprint density at radius 2 is 0.935 bits per heavy atom. The third kappa shape index (κ3) is 9.32. The van der Waals surface area contributed by atoms with E-state index in [0.717, 1.165) is 47.7 Å². The van der Waals surface area contributed by atoms with Crippen LogP contribution in [0, 0.1) is 0 Å². The second kappa shape index (κ2) is 17.8. The van der Waals surface area contributed by atoms with E-state index in [1.54, 1.807) is 12.1 Å². The minimum Gasteiger partial charge on any atom is -0.394 e. The molecule has 0 aromatic carbocycles. The van der Waals surface area contributed by atoms with Crippen LogP contribution in [0.2, 0.25) is 0 Å². The highest BCUT2D eigenvalue weighted by Gasteiger charge is 2.44. The molecule has 2 saturated heterocycles. The summed E-state index contributed by atoms with van der Waals surface area (Å²) in [7, 11) is 0. The first-order chi connectivity index (χ1) is 22.2. The van der Waals surface area contributed by atoms with Crippen LogP contribution in [0.25, 0.3) is 0 Å². The molecule has 0 unspecified atom stereocenters. The molecule has 46 heavy (non-hydrogen) atoms. The number of ether oxygens (including phenoxy) is 2. The minimum atomic E-state index is -1.34. The minimum absolute atomic E-state index is 0.431. The van der Waals surface area contributed by atoms with E-state index >= 15 is 0 Å². The molecule has 8 N–H and O–H groups in total. The van der Waals surface area contributed by atoms with Crippen molar-refractivity contribution < 1.29 is 40.1 Å². The van der Waals surface area contributed by atoms with Gasteiger partial charge in [0.1, 0.15) is 48.3 Å². The zero-order valence-electron chi connectivity index (χ0n) is 25.9. The fraction of sp³-hybridized carbons (Fsp3) is 0.733. The lowest BCUT2D eigenvalue weighted by atomic mass is 10.1. The quantitative estimate of drug-likeness (QED) is 0.0890. The van der Waals surface area contributed by atoms with Crippen molar-refractivity contribution in [2.75, 3.05) is 36.9 Å². The van der Waals surface area contributed by atoms with Crippen LogP contribution < -0.4 is 22.0 Å². The summed E-state index contributed by atoms with van der Waals surface area (Å²) in [5.74, 6) is 0.863. The first-order valence-electron chi connectivity index (χ1n) is 16.2. The molecule has 2 aliphatic heterocycles. The smallest absolute Gasteiger partial charge is 0.351 e. The van der Waals surface area contributed by atoms with Crippen LogP contribution in [0.5, 0.6) is 0 Å². The van der Waals surface area contributed by atoms with Crippen LogP contribution in [0.3, 0.4) is 0 Å². The number of hydrogen-bond acceptors (Lipinski definition) is 14. The Morgan fingerprint density at radius 1 is 0.587 bits per heavy atom. The molecular formula is C30H48N6O10. The molecule has 0 saturated carbocycles. The van der Waals surface area contributed by atoms with Crippen molar-refractivity contribution in [1.29, 1.82) is 0 Å². The van der Waals surface area contributed by atoms with Crippen molar-refractivity contribution in [1.82, 2.24) is 19.1 Å². The Kier molecular flexibility index (Phi) is 13.9. The van der Waals surface area contributed by atoms with Crippen molar-refractivity contribution in [2.24, 2.45) is 0 Å².